The van der Waals surface area contributed by atoms with Crippen LogP contribution in [0.15, 0.2) is 4.99 Å². The molecule has 1 atom stereocenters. The van der Waals surface area contributed by atoms with Gasteiger partial charge in [-0.2, -0.15) is 17.5 Å². The topological polar surface area (TPSA) is 86.3 Å². The minimum absolute atomic E-state index is 0.0928. The van der Waals surface area contributed by atoms with Gasteiger partial charge in [-0.05, 0) is 32.6 Å². The highest BCUT2D eigenvalue weighted by Crippen LogP contribution is 2.30. The largest absolute Gasteiger partial charge is 0.511 e. The molecule has 0 amide bonds. The zero-order chi connectivity index (χ0) is 21.5. The van der Waals surface area contributed by atoms with Crippen molar-refractivity contribution in [2.45, 2.75) is 38.2 Å². The molecule has 2 rings (SSSR count). The van der Waals surface area contributed by atoms with Crippen LogP contribution in [0.5, 0.6) is 0 Å². The normalized spacial score (nSPS) is 22.4. The van der Waals surface area contributed by atoms with Crippen LogP contribution in [0.4, 0.5) is 13.2 Å². The molecule has 0 saturated carbocycles. The molecule has 0 aromatic rings. The number of alkyl halides is 3. The minimum Gasteiger partial charge on any atom is -0.379 e. The third-order valence-corrected chi connectivity index (χ3v) is 6.92. The van der Waals surface area contributed by atoms with Crippen LogP contribution in [0.25, 0.3) is 0 Å². The summed E-state index contributed by atoms with van der Waals surface area (Å²) in [7, 11) is -5.23. The maximum Gasteiger partial charge on any atom is 0.511 e. The van der Waals surface area contributed by atoms with Crippen LogP contribution < -0.4 is 10.6 Å². The summed E-state index contributed by atoms with van der Waals surface area (Å²) in [5.41, 5.74) is -5.24. The molecule has 0 aromatic carbocycles. The van der Waals surface area contributed by atoms with E-state index < -0.39 is 15.5 Å². The standard InChI is InChI=1S/C17H32F3N5O3S/c1-3-21-16(22-12-14(2)24-8-10-28-11-9-24)23-13-15-4-6-25(7-5-15)29(26,27)17(18,19)20/h14-15H,3-13H2,1-2H3,(H2,21,22,23). The zero-order valence-corrected chi connectivity index (χ0v) is 17.9. The lowest BCUT2D eigenvalue weighted by atomic mass is 9.98. The number of guanidine groups is 1. The highest BCUT2D eigenvalue weighted by molar-refractivity contribution is 7.90. The Morgan fingerprint density at radius 3 is 2.34 bits per heavy atom. The molecule has 0 bridgehead atoms. The van der Waals surface area contributed by atoms with Crippen molar-refractivity contribution in [3.63, 3.8) is 0 Å². The fourth-order valence-corrected chi connectivity index (χ4v) is 4.42. The fraction of sp³-hybridized carbons (Fsp3) is 0.941. The molecule has 2 saturated heterocycles. The van der Waals surface area contributed by atoms with Crippen LogP contribution >= 0.6 is 0 Å². The molecule has 2 fully saturated rings. The second kappa shape index (κ2) is 10.8. The number of nitrogens with one attached hydrogen (secondary N) is 2. The van der Waals surface area contributed by atoms with Gasteiger partial charge < -0.3 is 15.4 Å². The summed E-state index contributed by atoms with van der Waals surface area (Å²) in [6.45, 7) is 8.95. The van der Waals surface area contributed by atoms with Crippen LogP contribution in [-0.2, 0) is 14.8 Å². The third kappa shape index (κ3) is 6.97. The van der Waals surface area contributed by atoms with Crippen molar-refractivity contribution < 1.29 is 26.3 Å². The summed E-state index contributed by atoms with van der Waals surface area (Å²) in [5.74, 6) is 0.758. The molecule has 1 unspecified atom stereocenters. The van der Waals surface area contributed by atoms with Crippen molar-refractivity contribution in [3.05, 3.63) is 0 Å². The number of halogens is 3. The van der Waals surface area contributed by atoms with Gasteiger partial charge in [-0.25, -0.2) is 8.42 Å². The molecular weight excluding hydrogens is 411 g/mol. The van der Waals surface area contributed by atoms with E-state index in [9.17, 15) is 21.6 Å². The predicted molar refractivity (Wildman–Crippen MR) is 105 cm³/mol. The van der Waals surface area contributed by atoms with Crippen molar-refractivity contribution in [2.24, 2.45) is 10.9 Å². The van der Waals surface area contributed by atoms with Crippen LogP contribution in [0.2, 0.25) is 0 Å². The minimum atomic E-state index is -5.24. The van der Waals surface area contributed by atoms with Gasteiger partial charge in [0.25, 0.3) is 0 Å². The highest BCUT2D eigenvalue weighted by atomic mass is 32.2. The number of nitrogens with zero attached hydrogens (tertiary/aromatic N) is 3. The van der Waals surface area contributed by atoms with E-state index in [2.05, 4.69) is 27.4 Å². The Morgan fingerprint density at radius 1 is 1.17 bits per heavy atom. The van der Waals surface area contributed by atoms with E-state index in [1.54, 1.807) is 0 Å². The first-order chi connectivity index (χ1) is 13.6. The smallest absolute Gasteiger partial charge is 0.379 e. The van der Waals surface area contributed by atoms with E-state index in [1.807, 2.05) is 6.92 Å². The molecule has 0 radical (unpaired) electrons. The lowest BCUT2D eigenvalue weighted by Gasteiger charge is -2.32. The Hall–Kier alpha value is -1.11. The van der Waals surface area contributed by atoms with Crippen molar-refractivity contribution in [1.82, 2.24) is 19.8 Å². The molecular formula is C17H32F3N5O3S. The SMILES string of the molecule is CCNC(=NCC(C)N1CCOCC1)NCC1CCN(S(=O)(=O)C(F)(F)F)CC1. The third-order valence-electron chi connectivity index (χ3n) is 5.29. The Balaban J connectivity index is 1.80. The molecule has 0 aromatic heterocycles. The first-order valence-electron chi connectivity index (χ1n) is 10.1. The molecule has 2 aliphatic heterocycles. The summed E-state index contributed by atoms with van der Waals surface area (Å²) >= 11 is 0. The molecule has 170 valence electrons. The molecule has 29 heavy (non-hydrogen) atoms. The molecule has 2 aliphatic rings. The number of sulfonamides is 1. The van der Waals surface area contributed by atoms with Gasteiger partial charge in [0, 0.05) is 45.3 Å². The van der Waals surface area contributed by atoms with E-state index in [0.29, 0.717) is 42.7 Å². The van der Waals surface area contributed by atoms with Crippen molar-refractivity contribution in [1.29, 1.82) is 0 Å². The Morgan fingerprint density at radius 2 is 1.79 bits per heavy atom. The van der Waals surface area contributed by atoms with Gasteiger partial charge in [-0.3, -0.25) is 9.89 Å². The van der Waals surface area contributed by atoms with Crippen molar-refractivity contribution in [2.75, 3.05) is 59.0 Å². The number of ether oxygens (including phenoxy) is 1. The fourth-order valence-electron chi connectivity index (χ4n) is 3.44. The quantitative estimate of drug-likeness (QED) is 0.448. The van der Waals surface area contributed by atoms with E-state index in [1.165, 1.54) is 0 Å². The monoisotopic (exact) mass is 443 g/mol. The maximum atomic E-state index is 12.7. The molecule has 8 nitrogen and oxygen atoms in total. The number of hydrogen-bond donors (Lipinski definition) is 2. The number of hydrogen-bond acceptors (Lipinski definition) is 5. The number of morpholine rings is 1. The summed E-state index contributed by atoms with van der Waals surface area (Å²) in [5, 5.41) is 6.41. The van der Waals surface area contributed by atoms with E-state index in [0.717, 1.165) is 26.3 Å². The van der Waals surface area contributed by atoms with Crippen molar-refractivity contribution in [3.8, 4) is 0 Å². The Kier molecular flexibility index (Phi) is 8.98. The van der Waals surface area contributed by atoms with Gasteiger partial charge >= 0.3 is 15.5 Å². The molecule has 2 N–H and O–H groups in total. The number of aliphatic imine (C=N–C) groups is 1. The van der Waals surface area contributed by atoms with Gasteiger partial charge in [-0.1, -0.05) is 0 Å². The summed E-state index contributed by atoms with van der Waals surface area (Å²) in [4.78, 5) is 6.94. The van der Waals surface area contributed by atoms with Crippen LogP contribution in [-0.4, -0.2) is 94.2 Å². The van der Waals surface area contributed by atoms with Gasteiger partial charge in [0.15, 0.2) is 5.96 Å². The summed E-state index contributed by atoms with van der Waals surface area (Å²) < 4.78 is 66.9. The lowest BCUT2D eigenvalue weighted by Crippen LogP contribution is -2.47. The van der Waals surface area contributed by atoms with E-state index in [-0.39, 0.29) is 25.0 Å². The van der Waals surface area contributed by atoms with Gasteiger partial charge in [0.05, 0.1) is 19.8 Å². The summed E-state index contributed by atoms with van der Waals surface area (Å²) in [6, 6.07) is 0.283. The molecule has 12 heteroatoms. The lowest BCUT2D eigenvalue weighted by molar-refractivity contribution is -0.0496. The average Bonchev–Trinajstić information content (AvgIpc) is 2.70. The second-order valence-corrected chi connectivity index (χ2v) is 9.32. The van der Waals surface area contributed by atoms with Gasteiger partial charge in [0.1, 0.15) is 0 Å². The second-order valence-electron chi connectivity index (χ2n) is 7.39. The van der Waals surface area contributed by atoms with Crippen molar-refractivity contribution >= 4 is 16.0 Å². The number of piperidine rings is 1. The van der Waals surface area contributed by atoms with E-state index >= 15 is 0 Å². The molecule has 0 aliphatic carbocycles. The molecule has 0 spiro atoms. The highest BCUT2D eigenvalue weighted by Gasteiger charge is 2.50. The van der Waals surface area contributed by atoms with Crippen LogP contribution in [0.1, 0.15) is 26.7 Å². The Labute approximate surface area is 170 Å². The van der Waals surface area contributed by atoms with E-state index in [4.69, 9.17) is 4.74 Å². The first kappa shape index (κ1) is 24.2. The zero-order valence-electron chi connectivity index (χ0n) is 17.0. The molecule has 2 heterocycles. The predicted octanol–water partition coefficient (Wildman–Crippen LogP) is 0.824. The maximum absolute atomic E-state index is 12.7. The summed E-state index contributed by atoms with van der Waals surface area (Å²) in [6.07, 6.45) is 0.762. The Bertz CT molecular complexity index is 631. The average molecular weight is 444 g/mol. The van der Waals surface area contributed by atoms with Gasteiger partial charge in [0.2, 0.25) is 0 Å². The van der Waals surface area contributed by atoms with Gasteiger partial charge in [-0.15, -0.1) is 0 Å². The number of rotatable bonds is 7. The first-order valence-corrected chi connectivity index (χ1v) is 11.5. The van der Waals surface area contributed by atoms with Crippen LogP contribution in [0, 0.1) is 5.92 Å². The van der Waals surface area contributed by atoms with Crippen LogP contribution in [0.3, 0.4) is 0 Å².